The van der Waals surface area contributed by atoms with Gasteiger partial charge in [0.1, 0.15) is 5.75 Å². The van der Waals surface area contributed by atoms with E-state index in [1.54, 1.807) is 6.07 Å². The molecule has 2 rings (SSSR count). The Bertz CT molecular complexity index is 581. The van der Waals surface area contributed by atoms with Crippen molar-refractivity contribution in [1.29, 1.82) is 0 Å². The highest BCUT2D eigenvalue weighted by Gasteiger charge is 2.04. The van der Waals surface area contributed by atoms with E-state index in [0.717, 1.165) is 27.7 Å². The number of rotatable bonds is 4. The van der Waals surface area contributed by atoms with Crippen LogP contribution in [-0.4, -0.2) is 5.11 Å². The molecule has 0 spiro atoms. The van der Waals surface area contributed by atoms with Gasteiger partial charge in [-0.1, -0.05) is 40.5 Å². The average molecular weight is 320 g/mol. The van der Waals surface area contributed by atoms with Crippen molar-refractivity contribution in [1.82, 2.24) is 0 Å². The van der Waals surface area contributed by atoms with Crippen LogP contribution in [0.5, 0.6) is 5.75 Å². The van der Waals surface area contributed by atoms with Crippen LogP contribution in [0, 0.1) is 6.92 Å². The summed E-state index contributed by atoms with van der Waals surface area (Å²) in [4.78, 5) is 0. The minimum absolute atomic E-state index is 0.341. The summed E-state index contributed by atoms with van der Waals surface area (Å²) >= 11 is 3.49. The van der Waals surface area contributed by atoms with Crippen molar-refractivity contribution in [2.45, 2.75) is 26.8 Å². The summed E-state index contributed by atoms with van der Waals surface area (Å²) in [6, 6.07) is 11.9. The Balaban J connectivity index is 2.16. The lowest BCUT2D eigenvalue weighted by molar-refractivity contribution is 0.469. The molecule has 3 heteroatoms. The van der Waals surface area contributed by atoms with Crippen molar-refractivity contribution in [2.75, 3.05) is 5.32 Å². The number of aromatic hydroxyl groups is 1. The third-order valence-corrected chi connectivity index (χ3v) is 3.65. The van der Waals surface area contributed by atoms with Crippen molar-refractivity contribution < 1.29 is 5.11 Å². The van der Waals surface area contributed by atoms with E-state index in [4.69, 9.17) is 0 Å². The molecule has 0 saturated carbocycles. The van der Waals surface area contributed by atoms with Gasteiger partial charge in [0.25, 0.3) is 0 Å². The molecule has 100 valence electrons. The predicted octanol–water partition coefficient (Wildman–Crippen LogP) is 4.64. The summed E-state index contributed by atoms with van der Waals surface area (Å²) in [5, 5.41) is 13.2. The molecule has 0 fully saturated rings. The van der Waals surface area contributed by atoms with Gasteiger partial charge in [-0.05, 0) is 43.2 Å². The number of hydrogen-bond acceptors (Lipinski definition) is 2. The van der Waals surface area contributed by atoms with Gasteiger partial charge in [0.05, 0.1) is 0 Å². The lowest BCUT2D eigenvalue weighted by atomic mass is 10.1. The summed E-state index contributed by atoms with van der Waals surface area (Å²) in [5.74, 6) is 0.341. The maximum atomic E-state index is 9.84. The summed E-state index contributed by atoms with van der Waals surface area (Å²) in [6.07, 6.45) is 0.974. The first-order valence-electron chi connectivity index (χ1n) is 6.41. The predicted molar refractivity (Wildman–Crippen MR) is 83.7 cm³/mol. The van der Waals surface area contributed by atoms with Gasteiger partial charge in [0, 0.05) is 22.3 Å². The largest absolute Gasteiger partial charge is 0.508 e. The molecule has 19 heavy (non-hydrogen) atoms. The molecule has 0 saturated heterocycles. The number of aryl methyl sites for hydroxylation is 2. The first kappa shape index (κ1) is 13.9. The molecule has 0 unspecified atom stereocenters. The Morgan fingerprint density at radius 3 is 2.63 bits per heavy atom. The molecule has 0 aliphatic carbocycles. The van der Waals surface area contributed by atoms with Crippen LogP contribution in [0.1, 0.15) is 23.6 Å². The van der Waals surface area contributed by atoms with E-state index in [9.17, 15) is 5.11 Å². The summed E-state index contributed by atoms with van der Waals surface area (Å²) in [6.45, 7) is 4.79. The molecule has 0 bridgehead atoms. The van der Waals surface area contributed by atoms with Crippen molar-refractivity contribution in [3.05, 3.63) is 57.6 Å². The Labute approximate surface area is 122 Å². The SMILES string of the molecule is CCc1cc(Br)ccc1NCc1cc(C)ccc1O. The molecule has 2 aromatic carbocycles. The quantitative estimate of drug-likeness (QED) is 0.860. The fourth-order valence-corrected chi connectivity index (χ4v) is 2.48. The minimum atomic E-state index is 0.341. The van der Waals surface area contributed by atoms with Crippen LogP contribution in [0.15, 0.2) is 40.9 Å². The van der Waals surface area contributed by atoms with E-state index in [1.165, 1.54) is 5.56 Å². The molecule has 2 nitrogen and oxygen atoms in total. The molecule has 0 aliphatic rings. The molecular weight excluding hydrogens is 302 g/mol. The van der Waals surface area contributed by atoms with Crippen molar-refractivity contribution in [3.63, 3.8) is 0 Å². The van der Waals surface area contributed by atoms with Gasteiger partial charge in [-0.2, -0.15) is 0 Å². The minimum Gasteiger partial charge on any atom is -0.508 e. The van der Waals surface area contributed by atoms with E-state index >= 15 is 0 Å². The maximum Gasteiger partial charge on any atom is 0.120 e. The molecule has 0 aromatic heterocycles. The van der Waals surface area contributed by atoms with Crippen molar-refractivity contribution in [3.8, 4) is 5.75 Å². The van der Waals surface area contributed by atoms with Crippen LogP contribution in [-0.2, 0) is 13.0 Å². The van der Waals surface area contributed by atoms with Gasteiger partial charge < -0.3 is 10.4 Å². The molecule has 0 amide bonds. The average Bonchev–Trinajstić information content (AvgIpc) is 2.40. The van der Waals surface area contributed by atoms with Gasteiger partial charge in [0.2, 0.25) is 0 Å². The molecular formula is C16H18BrNO. The fourth-order valence-electron chi connectivity index (χ4n) is 2.07. The third kappa shape index (κ3) is 3.51. The van der Waals surface area contributed by atoms with E-state index in [2.05, 4.69) is 40.3 Å². The Morgan fingerprint density at radius 1 is 1.11 bits per heavy atom. The summed E-state index contributed by atoms with van der Waals surface area (Å²) in [7, 11) is 0. The van der Waals surface area contributed by atoms with Crippen LogP contribution in [0.3, 0.4) is 0 Å². The molecule has 2 aromatic rings. The number of hydrogen-bond donors (Lipinski definition) is 2. The highest BCUT2D eigenvalue weighted by atomic mass is 79.9. The summed E-state index contributed by atoms with van der Waals surface area (Å²) in [5.41, 5.74) is 4.46. The Hall–Kier alpha value is -1.48. The topological polar surface area (TPSA) is 32.3 Å². The van der Waals surface area contributed by atoms with Gasteiger partial charge in [-0.3, -0.25) is 0 Å². The van der Waals surface area contributed by atoms with Gasteiger partial charge >= 0.3 is 0 Å². The lowest BCUT2D eigenvalue weighted by Gasteiger charge is -2.13. The van der Waals surface area contributed by atoms with Gasteiger partial charge in [0.15, 0.2) is 0 Å². The van der Waals surface area contributed by atoms with Crippen molar-refractivity contribution >= 4 is 21.6 Å². The lowest BCUT2D eigenvalue weighted by Crippen LogP contribution is -2.02. The number of anilines is 1. The number of phenols is 1. The number of nitrogens with one attached hydrogen (secondary N) is 1. The highest BCUT2D eigenvalue weighted by molar-refractivity contribution is 9.10. The molecule has 0 atom stereocenters. The van der Waals surface area contributed by atoms with Gasteiger partial charge in [-0.15, -0.1) is 0 Å². The van der Waals surface area contributed by atoms with Crippen LogP contribution < -0.4 is 5.32 Å². The second-order valence-corrected chi connectivity index (χ2v) is 5.56. The first-order chi connectivity index (χ1) is 9.10. The molecule has 0 aliphatic heterocycles. The zero-order chi connectivity index (χ0) is 13.8. The number of benzene rings is 2. The zero-order valence-corrected chi connectivity index (χ0v) is 12.8. The second-order valence-electron chi connectivity index (χ2n) is 4.64. The van der Waals surface area contributed by atoms with Crippen LogP contribution in [0.4, 0.5) is 5.69 Å². The Kier molecular flexibility index (Phi) is 4.48. The maximum absolute atomic E-state index is 9.84. The molecule has 0 radical (unpaired) electrons. The number of phenolic OH excluding ortho intramolecular Hbond substituents is 1. The van der Waals surface area contributed by atoms with Gasteiger partial charge in [-0.25, -0.2) is 0 Å². The smallest absolute Gasteiger partial charge is 0.120 e. The Morgan fingerprint density at radius 2 is 1.89 bits per heavy atom. The van der Waals surface area contributed by atoms with Crippen LogP contribution in [0.2, 0.25) is 0 Å². The standard InChI is InChI=1S/C16H18BrNO/c1-3-12-9-14(17)5-6-15(12)18-10-13-8-11(2)4-7-16(13)19/h4-9,18-19H,3,10H2,1-2H3. The zero-order valence-electron chi connectivity index (χ0n) is 11.2. The van der Waals surface area contributed by atoms with E-state index in [0.29, 0.717) is 12.3 Å². The second kappa shape index (κ2) is 6.11. The molecule has 0 heterocycles. The summed E-state index contributed by atoms with van der Waals surface area (Å²) < 4.78 is 1.09. The van der Waals surface area contributed by atoms with Crippen LogP contribution >= 0.6 is 15.9 Å². The highest BCUT2D eigenvalue weighted by Crippen LogP contribution is 2.24. The van der Waals surface area contributed by atoms with Crippen molar-refractivity contribution in [2.24, 2.45) is 0 Å². The van der Waals surface area contributed by atoms with E-state index < -0.39 is 0 Å². The van der Waals surface area contributed by atoms with E-state index in [1.807, 2.05) is 25.1 Å². The van der Waals surface area contributed by atoms with Crippen LogP contribution in [0.25, 0.3) is 0 Å². The number of halogens is 1. The monoisotopic (exact) mass is 319 g/mol. The third-order valence-electron chi connectivity index (χ3n) is 3.15. The fraction of sp³-hybridized carbons (Fsp3) is 0.250. The molecule has 2 N–H and O–H groups in total. The normalized spacial score (nSPS) is 10.5. The van der Waals surface area contributed by atoms with E-state index in [-0.39, 0.29) is 0 Å². The first-order valence-corrected chi connectivity index (χ1v) is 7.20.